The van der Waals surface area contributed by atoms with E-state index in [2.05, 4.69) is 22.2 Å². The van der Waals surface area contributed by atoms with Crippen molar-refractivity contribution in [1.82, 2.24) is 9.97 Å². The van der Waals surface area contributed by atoms with E-state index < -0.39 is 0 Å². The number of ether oxygens (including phenoxy) is 1. The third-order valence-electron chi connectivity index (χ3n) is 2.70. The summed E-state index contributed by atoms with van der Waals surface area (Å²) in [5, 5.41) is 3.41. The quantitative estimate of drug-likeness (QED) is 0.842. The molecule has 0 aromatic carbocycles. The third-order valence-corrected chi connectivity index (χ3v) is 3.67. The lowest BCUT2D eigenvalue weighted by Gasteiger charge is -2.11. The number of anilines is 1. The Kier molecular flexibility index (Phi) is 4.62. The molecule has 0 amide bonds. The van der Waals surface area contributed by atoms with Gasteiger partial charge in [-0.15, -0.1) is 0 Å². The maximum Gasteiger partial charge on any atom is 0.134 e. The van der Waals surface area contributed by atoms with Gasteiger partial charge in [0.25, 0.3) is 0 Å². The summed E-state index contributed by atoms with van der Waals surface area (Å²) in [4.78, 5) is 9.21. The number of fused-ring (bicyclic) bond motifs is 1. The van der Waals surface area contributed by atoms with Gasteiger partial charge in [-0.25, -0.2) is 9.97 Å². The first-order valence-electron chi connectivity index (χ1n) is 6.04. The zero-order valence-corrected chi connectivity index (χ0v) is 11.3. The summed E-state index contributed by atoms with van der Waals surface area (Å²) < 4.78 is 5.08. The number of nitrogens with one attached hydrogen (secondary N) is 1. The zero-order valence-electron chi connectivity index (χ0n) is 10.5. The molecule has 1 aliphatic heterocycles. The molecule has 1 N–H and O–H groups in total. The first-order chi connectivity index (χ1) is 8.35. The highest BCUT2D eigenvalue weighted by atomic mass is 32.2. The monoisotopic (exact) mass is 253 g/mol. The largest absolute Gasteiger partial charge is 0.384 e. The van der Waals surface area contributed by atoms with E-state index in [1.165, 1.54) is 11.3 Å². The molecular weight excluding hydrogens is 234 g/mol. The Morgan fingerprint density at radius 3 is 3.00 bits per heavy atom. The molecule has 0 spiro atoms. The summed E-state index contributed by atoms with van der Waals surface area (Å²) in [6.07, 6.45) is 1.90. The lowest BCUT2D eigenvalue weighted by Crippen LogP contribution is -2.10. The molecule has 2 rings (SSSR count). The standard InChI is InChI=1S/C12H19N3OS/c1-3-5-13-12-9-7-17-8-10(9)14-11(15-12)4-6-16-2/h3-8H2,1-2H3,(H,13,14,15). The molecule has 0 bridgehead atoms. The molecule has 0 atom stereocenters. The average molecular weight is 253 g/mol. The van der Waals surface area contributed by atoms with Crippen molar-refractivity contribution < 1.29 is 4.74 Å². The molecule has 2 heterocycles. The van der Waals surface area contributed by atoms with Crippen molar-refractivity contribution in [3.63, 3.8) is 0 Å². The number of thioether (sulfide) groups is 1. The summed E-state index contributed by atoms with van der Waals surface area (Å²) >= 11 is 1.91. The van der Waals surface area contributed by atoms with Crippen molar-refractivity contribution in [2.75, 3.05) is 25.6 Å². The molecule has 0 unspecified atom stereocenters. The lowest BCUT2D eigenvalue weighted by molar-refractivity contribution is 0.200. The maximum absolute atomic E-state index is 5.08. The molecular formula is C12H19N3OS. The van der Waals surface area contributed by atoms with Crippen LogP contribution in [-0.4, -0.2) is 30.2 Å². The Balaban J connectivity index is 2.19. The Hall–Kier alpha value is -0.810. The smallest absolute Gasteiger partial charge is 0.134 e. The van der Waals surface area contributed by atoms with Crippen LogP contribution in [0.5, 0.6) is 0 Å². The molecule has 0 saturated carbocycles. The second-order valence-corrected chi connectivity index (χ2v) is 5.06. The van der Waals surface area contributed by atoms with Crippen molar-refractivity contribution >= 4 is 17.6 Å². The van der Waals surface area contributed by atoms with E-state index in [4.69, 9.17) is 4.74 Å². The van der Waals surface area contributed by atoms with Gasteiger partial charge in [0, 0.05) is 37.1 Å². The Bertz CT molecular complexity index is 384. The third kappa shape index (κ3) is 3.10. The van der Waals surface area contributed by atoms with Gasteiger partial charge in [0.15, 0.2) is 0 Å². The number of hydrogen-bond donors (Lipinski definition) is 1. The van der Waals surface area contributed by atoms with Crippen molar-refractivity contribution in [2.45, 2.75) is 31.3 Å². The highest BCUT2D eigenvalue weighted by molar-refractivity contribution is 7.98. The summed E-state index contributed by atoms with van der Waals surface area (Å²) in [5.41, 5.74) is 2.50. The molecule has 94 valence electrons. The molecule has 17 heavy (non-hydrogen) atoms. The van der Waals surface area contributed by atoms with Gasteiger partial charge in [-0.3, -0.25) is 0 Å². The summed E-state index contributed by atoms with van der Waals surface area (Å²) in [5.74, 6) is 3.98. The minimum Gasteiger partial charge on any atom is -0.384 e. The van der Waals surface area contributed by atoms with E-state index in [9.17, 15) is 0 Å². The van der Waals surface area contributed by atoms with Crippen LogP contribution in [0.25, 0.3) is 0 Å². The topological polar surface area (TPSA) is 47.0 Å². The van der Waals surface area contributed by atoms with Crippen LogP contribution in [0.2, 0.25) is 0 Å². The van der Waals surface area contributed by atoms with Crippen molar-refractivity contribution in [1.29, 1.82) is 0 Å². The number of rotatable bonds is 6. The minimum absolute atomic E-state index is 0.680. The molecule has 1 aromatic heterocycles. The Labute approximate surface area is 107 Å². The van der Waals surface area contributed by atoms with Crippen LogP contribution in [0.3, 0.4) is 0 Å². The molecule has 1 aromatic rings. The molecule has 4 nitrogen and oxygen atoms in total. The Morgan fingerprint density at radius 1 is 1.35 bits per heavy atom. The molecule has 0 fully saturated rings. The Morgan fingerprint density at radius 2 is 2.24 bits per heavy atom. The van der Waals surface area contributed by atoms with Crippen LogP contribution >= 0.6 is 11.8 Å². The summed E-state index contributed by atoms with van der Waals surface area (Å²) in [6.45, 7) is 3.81. The van der Waals surface area contributed by atoms with Gasteiger partial charge < -0.3 is 10.1 Å². The minimum atomic E-state index is 0.680. The predicted molar refractivity (Wildman–Crippen MR) is 71.4 cm³/mol. The molecule has 0 radical (unpaired) electrons. The van der Waals surface area contributed by atoms with Gasteiger partial charge in [-0.2, -0.15) is 11.8 Å². The molecule has 0 saturated heterocycles. The van der Waals surface area contributed by atoms with Gasteiger partial charge in [0.2, 0.25) is 0 Å². The zero-order chi connectivity index (χ0) is 12.1. The first kappa shape index (κ1) is 12.6. The highest BCUT2D eigenvalue weighted by Crippen LogP contribution is 2.32. The second kappa shape index (κ2) is 6.21. The van der Waals surface area contributed by atoms with Crippen LogP contribution in [0.15, 0.2) is 0 Å². The van der Waals surface area contributed by atoms with Gasteiger partial charge in [0.1, 0.15) is 11.6 Å². The number of nitrogens with zero attached hydrogens (tertiary/aromatic N) is 2. The fourth-order valence-corrected chi connectivity index (χ4v) is 2.84. The number of aromatic nitrogens is 2. The van der Waals surface area contributed by atoms with E-state index in [1.54, 1.807) is 7.11 Å². The highest BCUT2D eigenvalue weighted by Gasteiger charge is 2.19. The second-order valence-electron chi connectivity index (χ2n) is 4.08. The average Bonchev–Trinajstić information content (AvgIpc) is 2.81. The molecule has 5 heteroatoms. The predicted octanol–water partition coefficient (Wildman–Crippen LogP) is 2.23. The number of hydrogen-bond acceptors (Lipinski definition) is 5. The van der Waals surface area contributed by atoms with E-state index >= 15 is 0 Å². The molecule has 0 aliphatic carbocycles. The summed E-state index contributed by atoms with van der Waals surface area (Å²) in [7, 11) is 1.71. The van der Waals surface area contributed by atoms with Crippen LogP contribution < -0.4 is 5.32 Å². The van der Waals surface area contributed by atoms with Gasteiger partial charge >= 0.3 is 0 Å². The maximum atomic E-state index is 5.08. The lowest BCUT2D eigenvalue weighted by atomic mass is 10.2. The van der Waals surface area contributed by atoms with E-state index in [1.807, 2.05) is 11.8 Å². The first-order valence-corrected chi connectivity index (χ1v) is 7.19. The number of methoxy groups -OCH3 is 1. The van der Waals surface area contributed by atoms with Crippen LogP contribution in [0.4, 0.5) is 5.82 Å². The molecule has 1 aliphatic rings. The fourth-order valence-electron chi connectivity index (χ4n) is 1.80. The van der Waals surface area contributed by atoms with Gasteiger partial charge in [0.05, 0.1) is 12.3 Å². The van der Waals surface area contributed by atoms with Crippen molar-refractivity contribution in [3.05, 3.63) is 17.1 Å². The van der Waals surface area contributed by atoms with Crippen molar-refractivity contribution in [3.8, 4) is 0 Å². The van der Waals surface area contributed by atoms with Crippen molar-refractivity contribution in [2.24, 2.45) is 0 Å². The van der Waals surface area contributed by atoms with Crippen LogP contribution in [0.1, 0.15) is 30.4 Å². The fraction of sp³-hybridized carbons (Fsp3) is 0.667. The van der Waals surface area contributed by atoms with E-state index in [0.717, 1.165) is 42.5 Å². The summed E-state index contributed by atoms with van der Waals surface area (Å²) in [6, 6.07) is 0. The normalized spacial score (nSPS) is 13.8. The van der Waals surface area contributed by atoms with Gasteiger partial charge in [-0.05, 0) is 6.42 Å². The van der Waals surface area contributed by atoms with Crippen LogP contribution in [-0.2, 0) is 22.7 Å². The van der Waals surface area contributed by atoms with Gasteiger partial charge in [-0.1, -0.05) is 6.92 Å². The van der Waals surface area contributed by atoms with E-state index in [0.29, 0.717) is 6.61 Å². The van der Waals surface area contributed by atoms with Crippen LogP contribution in [0, 0.1) is 0 Å². The van der Waals surface area contributed by atoms with E-state index in [-0.39, 0.29) is 0 Å². The SMILES string of the molecule is CCCNc1nc(CCOC)nc2c1CSC2.